The van der Waals surface area contributed by atoms with Crippen LogP contribution in [0.1, 0.15) is 38.8 Å². The predicted molar refractivity (Wildman–Crippen MR) is 121 cm³/mol. The molecule has 0 saturated heterocycles. The molecule has 0 atom stereocenters. The summed E-state index contributed by atoms with van der Waals surface area (Å²) in [5.74, 6) is -0.168. The molecular weight excluding hydrogens is 557 g/mol. The number of aliphatic imine (C=N–C) groups is 2. The van der Waals surface area contributed by atoms with Crippen LogP contribution < -0.4 is 10.2 Å². The normalized spacial score (nSPS) is 11.5. The second-order valence-electron chi connectivity index (χ2n) is 7.09. The number of rotatable bonds is 5. The molecule has 0 unspecified atom stereocenters. The zero-order chi connectivity index (χ0) is 22.2. The Labute approximate surface area is 203 Å². The van der Waals surface area contributed by atoms with Gasteiger partial charge in [0.2, 0.25) is 0 Å². The Bertz CT molecular complexity index is 885. The van der Waals surface area contributed by atoms with Crippen molar-refractivity contribution in [2.75, 3.05) is 0 Å². The van der Waals surface area contributed by atoms with E-state index in [1.807, 2.05) is 27.7 Å². The fourth-order valence-electron chi connectivity index (χ4n) is 2.02. The van der Waals surface area contributed by atoms with Crippen molar-refractivity contribution in [1.29, 1.82) is 0 Å². The van der Waals surface area contributed by atoms with Crippen LogP contribution in [0.15, 0.2) is 55.3 Å². The van der Waals surface area contributed by atoms with E-state index in [0.717, 1.165) is 8.95 Å². The van der Waals surface area contributed by atoms with Crippen molar-refractivity contribution in [3.8, 4) is 11.5 Å². The molecule has 30 heavy (non-hydrogen) atoms. The van der Waals surface area contributed by atoms with E-state index in [0.29, 0.717) is 11.1 Å². The third kappa shape index (κ3) is 8.13. The fourth-order valence-corrected chi connectivity index (χ4v) is 2.78. The Morgan fingerprint density at radius 2 is 1.10 bits per heavy atom. The number of halogens is 2. The maximum Gasteiger partial charge on any atom is 3.00 e. The van der Waals surface area contributed by atoms with Crippen LogP contribution in [0.5, 0.6) is 11.5 Å². The molecule has 158 valence electrons. The molecule has 0 bridgehead atoms. The van der Waals surface area contributed by atoms with Crippen LogP contribution in [0, 0.1) is 0 Å². The zero-order valence-corrected chi connectivity index (χ0v) is 21.2. The van der Waals surface area contributed by atoms with E-state index in [4.69, 9.17) is 11.1 Å². The first-order valence-corrected chi connectivity index (χ1v) is 10.0. The van der Waals surface area contributed by atoms with Gasteiger partial charge in [0.1, 0.15) is 0 Å². The largest absolute Gasteiger partial charge is 3.00 e. The van der Waals surface area contributed by atoms with Crippen LogP contribution in [0.25, 0.3) is 16.0 Å². The second-order valence-corrected chi connectivity index (χ2v) is 8.92. The Balaban J connectivity index is 0.00000198. The van der Waals surface area contributed by atoms with Crippen molar-refractivity contribution in [3.63, 3.8) is 0 Å². The molecule has 7 nitrogen and oxygen atoms in total. The fraction of sp³-hybridized carbons (Fsp3) is 0.300. The van der Waals surface area contributed by atoms with Gasteiger partial charge in [0.25, 0.3) is 0 Å². The van der Waals surface area contributed by atoms with Crippen molar-refractivity contribution in [2.24, 2.45) is 9.98 Å². The minimum atomic E-state index is -0.590. The molecule has 0 amide bonds. The number of hydrogen-bond donors (Lipinski definition) is 0. The van der Waals surface area contributed by atoms with Gasteiger partial charge in [-0.05, 0) is 63.1 Å². The first-order valence-electron chi connectivity index (χ1n) is 8.45. The third-order valence-electron chi connectivity index (χ3n) is 4.49. The average Bonchev–Trinajstić information content (AvgIpc) is 2.64. The molecular formula is C20H20Br2MnN5O2. The molecule has 0 saturated carbocycles. The SMILES string of the molecule is CC(C)(N=Cc1cc(Br)ccc1[O-])C(C)(C)N=Cc1cc(Br)ccc1[O-].[Mn+3].[N-]=[N+]=[N-]. The van der Waals surface area contributed by atoms with Crippen LogP contribution in [-0.4, -0.2) is 23.5 Å². The summed E-state index contributed by atoms with van der Waals surface area (Å²) >= 11 is 6.72. The van der Waals surface area contributed by atoms with E-state index < -0.39 is 11.1 Å². The molecule has 0 aliphatic rings. The summed E-state index contributed by atoms with van der Waals surface area (Å²) in [6, 6.07) is 9.90. The van der Waals surface area contributed by atoms with Crippen molar-refractivity contribution in [3.05, 3.63) is 72.4 Å². The van der Waals surface area contributed by atoms with Crippen molar-refractivity contribution < 1.29 is 27.3 Å². The maximum absolute atomic E-state index is 11.9. The molecule has 0 aromatic heterocycles. The molecule has 0 aliphatic carbocycles. The Morgan fingerprint density at radius 3 is 1.40 bits per heavy atom. The molecule has 0 aliphatic heterocycles. The smallest absolute Gasteiger partial charge is 0.872 e. The van der Waals surface area contributed by atoms with Crippen LogP contribution in [0.2, 0.25) is 0 Å². The van der Waals surface area contributed by atoms with Crippen LogP contribution >= 0.6 is 31.9 Å². The van der Waals surface area contributed by atoms with Gasteiger partial charge in [0.05, 0.1) is 11.1 Å². The minimum Gasteiger partial charge on any atom is -0.872 e. The van der Waals surface area contributed by atoms with E-state index in [9.17, 15) is 10.2 Å². The van der Waals surface area contributed by atoms with Crippen molar-refractivity contribution in [1.82, 2.24) is 0 Å². The first kappa shape index (κ1) is 28.2. The van der Waals surface area contributed by atoms with Gasteiger partial charge in [-0.3, -0.25) is 14.9 Å². The third-order valence-corrected chi connectivity index (χ3v) is 5.48. The molecule has 0 spiro atoms. The van der Waals surface area contributed by atoms with Crippen LogP contribution in [0.3, 0.4) is 0 Å². The predicted octanol–water partition coefficient (Wildman–Crippen LogP) is 5.32. The quantitative estimate of drug-likeness (QED) is 0.157. The molecule has 10 heteroatoms. The summed E-state index contributed by atoms with van der Waals surface area (Å²) in [5, 5.41) is 23.9. The van der Waals surface area contributed by atoms with Gasteiger partial charge in [0.15, 0.2) is 0 Å². The number of benzene rings is 2. The van der Waals surface area contributed by atoms with E-state index in [1.54, 1.807) is 36.7 Å². The molecule has 0 heterocycles. The van der Waals surface area contributed by atoms with E-state index in [1.165, 1.54) is 17.0 Å². The monoisotopic (exact) mass is 575 g/mol. The average molecular weight is 577 g/mol. The van der Waals surface area contributed by atoms with Gasteiger partial charge in [-0.25, -0.2) is 0 Å². The molecule has 2 rings (SSSR count). The first-order chi connectivity index (χ1) is 13.4. The summed E-state index contributed by atoms with van der Waals surface area (Å²) in [5.41, 5.74) is 13.3. The Hall–Kier alpha value is -1.83. The summed E-state index contributed by atoms with van der Waals surface area (Å²) in [4.78, 5) is 10.7. The molecule has 2 aromatic carbocycles. The van der Waals surface area contributed by atoms with Gasteiger partial charge in [0, 0.05) is 21.4 Å². The molecule has 0 fully saturated rings. The van der Waals surface area contributed by atoms with Gasteiger partial charge in [-0.1, -0.05) is 55.5 Å². The van der Waals surface area contributed by atoms with Crippen LogP contribution in [-0.2, 0) is 17.1 Å². The van der Waals surface area contributed by atoms with Gasteiger partial charge >= 0.3 is 17.1 Å². The standard InChI is InChI=1S/C20H22Br2N2O2.Mn.N3/c1-19(2,23-11-13-9-15(21)5-7-17(13)25)20(3,4)24-12-14-10-16(22)6-8-18(14)26;;1-3-2/h5-12,25-26H,1-4H3;;/q;+3;-1/p-2. The summed E-state index contributed by atoms with van der Waals surface area (Å²) < 4.78 is 1.65. The summed E-state index contributed by atoms with van der Waals surface area (Å²) in [6.45, 7) is 7.79. The van der Waals surface area contributed by atoms with Gasteiger partial charge < -0.3 is 21.3 Å². The zero-order valence-electron chi connectivity index (χ0n) is 16.8. The topological polar surface area (TPSA) is 130 Å². The minimum absolute atomic E-state index is 0. The van der Waals surface area contributed by atoms with Gasteiger partial charge in [-0.2, -0.15) is 0 Å². The molecule has 0 N–H and O–H groups in total. The molecule has 0 radical (unpaired) electrons. The Morgan fingerprint density at radius 1 is 0.800 bits per heavy atom. The maximum atomic E-state index is 11.9. The van der Waals surface area contributed by atoms with Gasteiger partial charge in [-0.15, -0.1) is 0 Å². The Kier molecular flexibility index (Phi) is 11.4. The van der Waals surface area contributed by atoms with Crippen molar-refractivity contribution in [2.45, 2.75) is 38.8 Å². The van der Waals surface area contributed by atoms with E-state index in [-0.39, 0.29) is 28.6 Å². The van der Waals surface area contributed by atoms with E-state index >= 15 is 0 Å². The van der Waals surface area contributed by atoms with E-state index in [2.05, 4.69) is 41.8 Å². The summed E-state index contributed by atoms with van der Waals surface area (Å²) in [6.07, 6.45) is 3.17. The van der Waals surface area contributed by atoms with Crippen LogP contribution in [0.4, 0.5) is 0 Å². The number of hydrogen-bond acceptors (Lipinski definition) is 4. The van der Waals surface area contributed by atoms with Crippen molar-refractivity contribution >= 4 is 44.3 Å². The second kappa shape index (κ2) is 12.1. The number of nitrogens with zero attached hydrogens (tertiary/aromatic N) is 5. The molecule has 2 aromatic rings. The summed E-state index contributed by atoms with van der Waals surface area (Å²) in [7, 11) is 0.